The maximum absolute atomic E-state index is 5.67. The topological polar surface area (TPSA) is 54.9 Å². The van der Waals surface area contributed by atoms with Crippen LogP contribution in [0.25, 0.3) is 0 Å². The zero-order valence-electron chi connectivity index (χ0n) is 14.4. The van der Waals surface area contributed by atoms with Crippen molar-refractivity contribution in [3.05, 3.63) is 29.8 Å². The van der Waals surface area contributed by atoms with Gasteiger partial charge in [-0.2, -0.15) is 0 Å². The Morgan fingerprint density at radius 3 is 2.35 bits per heavy atom. The van der Waals surface area contributed by atoms with Gasteiger partial charge in [-0.15, -0.1) is 24.0 Å². The standard InChI is InChI=1S/C17H29N3O2.HI/c1-15-7-9-16(10-8-15)22-14-12-20-17(18-2)19-11-5-4-6-13-21-3;/h7-10H,4-6,11-14H2,1-3H3,(H2,18,19,20);1H. The first-order valence-electron chi connectivity index (χ1n) is 7.89. The third kappa shape index (κ3) is 11.2. The van der Waals surface area contributed by atoms with Gasteiger partial charge in [0.1, 0.15) is 12.4 Å². The molecule has 132 valence electrons. The molecule has 0 bridgehead atoms. The smallest absolute Gasteiger partial charge is 0.191 e. The lowest BCUT2D eigenvalue weighted by atomic mass is 10.2. The second-order valence-electron chi connectivity index (χ2n) is 5.14. The van der Waals surface area contributed by atoms with Crippen LogP contribution in [0.3, 0.4) is 0 Å². The largest absolute Gasteiger partial charge is 0.492 e. The monoisotopic (exact) mass is 435 g/mol. The molecule has 1 aromatic rings. The second-order valence-corrected chi connectivity index (χ2v) is 5.14. The molecule has 2 N–H and O–H groups in total. The fourth-order valence-corrected chi connectivity index (χ4v) is 1.95. The van der Waals surface area contributed by atoms with Crippen LogP contribution in [-0.2, 0) is 4.74 Å². The average Bonchev–Trinajstić information content (AvgIpc) is 2.54. The van der Waals surface area contributed by atoms with E-state index < -0.39 is 0 Å². The van der Waals surface area contributed by atoms with E-state index in [1.165, 1.54) is 5.56 Å². The molecule has 5 nitrogen and oxygen atoms in total. The van der Waals surface area contributed by atoms with E-state index in [1.807, 2.05) is 24.3 Å². The van der Waals surface area contributed by atoms with Gasteiger partial charge in [0.25, 0.3) is 0 Å². The highest BCUT2D eigenvalue weighted by atomic mass is 127. The molecule has 1 rings (SSSR count). The molecule has 0 aliphatic rings. The van der Waals surface area contributed by atoms with Gasteiger partial charge in [-0.05, 0) is 38.3 Å². The summed E-state index contributed by atoms with van der Waals surface area (Å²) in [6, 6.07) is 8.07. The molecule has 6 heteroatoms. The van der Waals surface area contributed by atoms with Gasteiger partial charge in [0.15, 0.2) is 5.96 Å². The van der Waals surface area contributed by atoms with Gasteiger partial charge in [-0.1, -0.05) is 17.7 Å². The summed E-state index contributed by atoms with van der Waals surface area (Å²) in [4.78, 5) is 4.19. The highest BCUT2D eigenvalue weighted by Gasteiger charge is 1.97. The first-order valence-corrected chi connectivity index (χ1v) is 7.89. The maximum atomic E-state index is 5.67. The highest BCUT2D eigenvalue weighted by molar-refractivity contribution is 14.0. The van der Waals surface area contributed by atoms with E-state index in [4.69, 9.17) is 9.47 Å². The van der Waals surface area contributed by atoms with E-state index >= 15 is 0 Å². The number of nitrogens with one attached hydrogen (secondary N) is 2. The van der Waals surface area contributed by atoms with Crippen LogP contribution in [0.15, 0.2) is 29.3 Å². The zero-order chi connectivity index (χ0) is 16.0. The molecular weight excluding hydrogens is 405 g/mol. The third-order valence-corrected chi connectivity index (χ3v) is 3.23. The molecule has 0 aromatic heterocycles. The number of unbranched alkanes of at least 4 members (excludes halogenated alkanes) is 2. The zero-order valence-corrected chi connectivity index (χ0v) is 16.8. The van der Waals surface area contributed by atoms with Gasteiger partial charge in [0.2, 0.25) is 0 Å². The van der Waals surface area contributed by atoms with Crippen molar-refractivity contribution in [2.75, 3.05) is 40.5 Å². The van der Waals surface area contributed by atoms with Crippen molar-refractivity contribution in [3.63, 3.8) is 0 Å². The molecule has 0 spiro atoms. The number of aliphatic imine (C=N–C) groups is 1. The van der Waals surface area contributed by atoms with Crippen molar-refractivity contribution in [1.82, 2.24) is 10.6 Å². The van der Waals surface area contributed by atoms with Crippen LogP contribution in [0.2, 0.25) is 0 Å². The Balaban J connectivity index is 0.00000484. The number of guanidine groups is 1. The Labute approximate surface area is 157 Å². The fraction of sp³-hybridized carbons (Fsp3) is 0.588. The number of rotatable bonds is 10. The Kier molecular flexibility index (Phi) is 13.9. The molecule has 0 heterocycles. The molecule has 0 amide bonds. The Morgan fingerprint density at radius 2 is 1.70 bits per heavy atom. The van der Waals surface area contributed by atoms with Gasteiger partial charge >= 0.3 is 0 Å². The average molecular weight is 435 g/mol. The van der Waals surface area contributed by atoms with Gasteiger partial charge in [-0.25, -0.2) is 0 Å². The second kappa shape index (κ2) is 14.6. The van der Waals surface area contributed by atoms with Gasteiger partial charge in [0, 0.05) is 27.3 Å². The molecule has 1 aromatic carbocycles. The number of benzene rings is 1. The lowest BCUT2D eigenvalue weighted by Gasteiger charge is -2.12. The number of aryl methyl sites for hydroxylation is 1. The fourth-order valence-electron chi connectivity index (χ4n) is 1.95. The minimum absolute atomic E-state index is 0. The summed E-state index contributed by atoms with van der Waals surface area (Å²) in [6.45, 7) is 5.15. The van der Waals surface area contributed by atoms with Crippen LogP contribution in [-0.4, -0.2) is 46.4 Å². The minimum atomic E-state index is 0. The number of nitrogens with zero attached hydrogens (tertiary/aromatic N) is 1. The summed E-state index contributed by atoms with van der Waals surface area (Å²) >= 11 is 0. The molecule has 0 saturated heterocycles. The number of halogens is 1. The van der Waals surface area contributed by atoms with Crippen LogP contribution < -0.4 is 15.4 Å². The summed E-state index contributed by atoms with van der Waals surface area (Å²) in [5.41, 5.74) is 1.24. The predicted octanol–water partition coefficient (Wildman–Crippen LogP) is 2.97. The highest BCUT2D eigenvalue weighted by Crippen LogP contribution is 2.10. The number of hydrogen-bond donors (Lipinski definition) is 2. The van der Waals surface area contributed by atoms with Crippen molar-refractivity contribution in [3.8, 4) is 5.75 Å². The van der Waals surface area contributed by atoms with Crippen molar-refractivity contribution >= 4 is 29.9 Å². The van der Waals surface area contributed by atoms with Crippen LogP contribution in [0.4, 0.5) is 0 Å². The quantitative estimate of drug-likeness (QED) is 0.257. The van der Waals surface area contributed by atoms with Crippen molar-refractivity contribution in [2.24, 2.45) is 4.99 Å². The Hall–Kier alpha value is -1.02. The molecule has 0 radical (unpaired) electrons. The lowest BCUT2D eigenvalue weighted by Crippen LogP contribution is -2.39. The van der Waals surface area contributed by atoms with Crippen LogP contribution >= 0.6 is 24.0 Å². The minimum Gasteiger partial charge on any atom is -0.492 e. The van der Waals surface area contributed by atoms with E-state index in [2.05, 4.69) is 22.5 Å². The summed E-state index contributed by atoms with van der Waals surface area (Å²) in [6.07, 6.45) is 3.38. The first kappa shape index (κ1) is 22.0. The summed E-state index contributed by atoms with van der Waals surface area (Å²) in [7, 11) is 3.52. The maximum Gasteiger partial charge on any atom is 0.191 e. The van der Waals surface area contributed by atoms with Crippen molar-refractivity contribution < 1.29 is 9.47 Å². The first-order chi connectivity index (χ1) is 10.8. The number of ether oxygens (including phenoxy) is 2. The van der Waals surface area contributed by atoms with E-state index in [9.17, 15) is 0 Å². The SMILES string of the molecule is CN=C(NCCCCCOC)NCCOc1ccc(C)cc1.I. The molecular formula is C17H30IN3O2. The molecule has 0 fully saturated rings. The third-order valence-electron chi connectivity index (χ3n) is 3.23. The van der Waals surface area contributed by atoms with Crippen LogP contribution in [0, 0.1) is 6.92 Å². The molecule has 0 atom stereocenters. The van der Waals surface area contributed by atoms with Crippen LogP contribution in [0.5, 0.6) is 5.75 Å². The number of hydrogen-bond acceptors (Lipinski definition) is 3. The van der Waals surface area contributed by atoms with Gasteiger partial charge in [-0.3, -0.25) is 4.99 Å². The van der Waals surface area contributed by atoms with E-state index in [0.29, 0.717) is 6.61 Å². The van der Waals surface area contributed by atoms with Crippen molar-refractivity contribution in [1.29, 1.82) is 0 Å². The molecule has 0 aliphatic heterocycles. The van der Waals surface area contributed by atoms with Gasteiger partial charge < -0.3 is 20.1 Å². The lowest BCUT2D eigenvalue weighted by molar-refractivity contribution is 0.192. The molecule has 23 heavy (non-hydrogen) atoms. The van der Waals surface area contributed by atoms with Crippen molar-refractivity contribution in [2.45, 2.75) is 26.2 Å². The van der Waals surface area contributed by atoms with E-state index in [1.54, 1.807) is 14.2 Å². The predicted molar refractivity (Wildman–Crippen MR) is 107 cm³/mol. The summed E-state index contributed by atoms with van der Waals surface area (Å²) in [5, 5.41) is 6.54. The van der Waals surface area contributed by atoms with E-state index in [0.717, 1.165) is 50.7 Å². The Morgan fingerprint density at radius 1 is 1.00 bits per heavy atom. The molecule has 0 saturated carbocycles. The normalized spacial score (nSPS) is 10.8. The summed E-state index contributed by atoms with van der Waals surface area (Å²) < 4.78 is 10.7. The van der Waals surface area contributed by atoms with E-state index in [-0.39, 0.29) is 24.0 Å². The molecule has 0 unspecified atom stereocenters. The van der Waals surface area contributed by atoms with Gasteiger partial charge in [0.05, 0.1) is 6.54 Å². The summed E-state index contributed by atoms with van der Waals surface area (Å²) in [5.74, 6) is 1.72. The molecule has 0 aliphatic carbocycles. The number of methoxy groups -OCH3 is 1. The van der Waals surface area contributed by atoms with Crippen LogP contribution in [0.1, 0.15) is 24.8 Å². The Bertz CT molecular complexity index is 424.